The number of fused-ring (bicyclic) bond motifs is 3. The maximum absolute atomic E-state index is 14.3. The van der Waals surface area contributed by atoms with E-state index < -0.39 is 17.5 Å². The Labute approximate surface area is 181 Å². The Balaban J connectivity index is 1.50. The molecule has 1 fully saturated rings. The summed E-state index contributed by atoms with van der Waals surface area (Å²) in [6.45, 7) is 1.08. The number of nitrogen functional groups attached to an aromatic ring is 1. The van der Waals surface area contributed by atoms with Crippen LogP contribution in [0.1, 0.15) is 24.2 Å². The predicted octanol–water partition coefficient (Wildman–Crippen LogP) is 3.70. The van der Waals surface area contributed by atoms with Gasteiger partial charge in [-0.15, -0.1) is 5.10 Å². The van der Waals surface area contributed by atoms with Gasteiger partial charge in [0, 0.05) is 24.0 Å². The average Bonchev–Trinajstić information content (AvgIpc) is 3.49. The largest absolute Gasteiger partial charge is 0.494 e. The van der Waals surface area contributed by atoms with Crippen molar-refractivity contribution in [3.63, 3.8) is 0 Å². The van der Waals surface area contributed by atoms with Gasteiger partial charge in [0.05, 0.1) is 13.7 Å². The van der Waals surface area contributed by atoms with Crippen LogP contribution in [0, 0.1) is 23.4 Å². The van der Waals surface area contributed by atoms with Crippen LogP contribution in [0.25, 0.3) is 16.6 Å². The molecule has 2 N–H and O–H groups in total. The van der Waals surface area contributed by atoms with Crippen molar-refractivity contribution < 1.29 is 17.9 Å². The van der Waals surface area contributed by atoms with E-state index >= 15 is 0 Å². The summed E-state index contributed by atoms with van der Waals surface area (Å²) < 4.78 is 48.1. The molecule has 0 radical (unpaired) electrons. The highest BCUT2D eigenvalue weighted by Gasteiger charge is 2.26. The van der Waals surface area contributed by atoms with Crippen molar-refractivity contribution in [3.05, 3.63) is 59.2 Å². The van der Waals surface area contributed by atoms with Crippen molar-refractivity contribution in [2.24, 2.45) is 5.92 Å². The summed E-state index contributed by atoms with van der Waals surface area (Å²) in [6, 6.07) is 7.69. The zero-order chi connectivity index (χ0) is 22.4. The lowest BCUT2D eigenvalue weighted by Crippen LogP contribution is -2.26. The number of nitrogens with zero attached hydrogens (tertiary/aromatic N) is 5. The molecule has 4 aromatic rings. The lowest BCUT2D eigenvalue weighted by molar-refractivity contribution is 0.235. The van der Waals surface area contributed by atoms with Crippen molar-refractivity contribution in [1.29, 1.82) is 0 Å². The second-order valence-corrected chi connectivity index (χ2v) is 8.04. The monoisotopic (exact) mass is 442 g/mol. The van der Waals surface area contributed by atoms with E-state index in [9.17, 15) is 13.2 Å². The van der Waals surface area contributed by atoms with E-state index in [4.69, 9.17) is 10.5 Å². The smallest absolute Gasteiger partial charge is 0.223 e. The van der Waals surface area contributed by atoms with Gasteiger partial charge in [-0.2, -0.15) is 4.52 Å². The molecule has 0 atom stereocenters. The fourth-order valence-corrected chi connectivity index (χ4v) is 3.88. The molecular weight excluding hydrogens is 421 g/mol. The second kappa shape index (κ2) is 7.94. The van der Waals surface area contributed by atoms with E-state index in [1.165, 1.54) is 10.6 Å². The summed E-state index contributed by atoms with van der Waals surface area (Å²) in [5.41, 5.74) is 7.31. The van der Waals surface area contributed by atoms with Crippen LogP contribution in [0.2, 0.25) is 0 Å². The number of hydrogen-bond acceptors (Lipinski definition) is 6. The maximum atomic E-state index is 14.3. The highest BCUT2D eigenvalue weighted by Crippen LogP contribution is 2.31. The van der Waals surface area contributed by atoms with Crippen LogP contribution >= 0.6 is 0 Å². The molecule has 5 rings (SSSR count). The number of hydrogen-bond donors (Lipinski definition) is 1. The molecule has 1 aliphatic rings. The third-order valence-electron chi connectivity index (χ3n) is 5.64. The molecule has 1 saturated carbocycles. The number of methoxy groups -OCH3 is 1. The Morgan fingerprint density at radius 3 is 2.66 bits per heavy atom. The maximum Gasteiger partial charge on any atom is 0.223 e. The van der Waals surface area contributed by atoms with Gasteiger partial charge in [-0.1, -0.05) is 12.1 Å². The fraction of sp³-hybridized carbons (Fsp3) is 0.318. The molecule has 0 saturated heterocycles. The molecule has 2 aromatic heterocycles. The molecule has 0 spiro atoms. The van der Waals surface area contributed by atoms with Crippen LogP contribution in [0.4, 0.5) is 19.1 Å². The number of para-hydroxylation sites is 1. The highest BCUT2D eigenvalue weighted by molar-refractivity contribution is 5.95. The molecule has 0 aliphatic heterocycles. The SMILES string of the molecule is COc1cccc2c1nc(N)n1nc(CN(Cc3ccc(F)c(F)c3F)CC3CC3)nc21. The number of benzene rings is 2. The number of ether oxygens (including phenoxy) is 1. The van der Waals surface area contributed by atoms with E-state index in [1.54, 1.807) is 13.2 Å². The molecule has 1 aliphatic carbocycles. The number of anilines is 1. The molecule has 10 heteroatoms. The Bertz CT molecular complexity index is 1320. The molecular formula is C22H21F3N6O. The Hall–Kier alpha value is -3.40. The summed E-state index contributed by atoms with van der Waals surface area (Å²) in [4.78, 5) is 11.0. The van der Waals surface area contributed by atoms with E-state index in [0.717, 1.165) is 24.3 Å². The minimum Gasteiger partial charge on any atom is -0.494 e. The van der Waals surface area contributed by atoms with Crippen LogP contribution in [0.3, 0.4) is 0 Å². The zero-order valence-electron chi connectivity index (χ0n) is 17.4. The van der Waals surface area contributed by atoms with Gasteiger partial charge in [0.15, 0.2) is 28.9 Å². The molecule has 0 bridgehead atoms. The van der Waals surface area contributed by atoms with Crippen LogP contribution in [-0.2, 0) is 13.1 Å². The van der Waals surface area contributed by atoms with Gasteiger partial charge in [0.2, 0.25) is 5.95 Å². The molecule has 7 nitrogen and oxygen atoms in total. The lowest BCUT2D eigenvalue weighted by Gasteiger charge is -2.21. The molecule has 166 valence electrons. The predicted molar refractivity (Wildman–Crippen MR) is 112 cm³/mol. The first-order chi connectivity index (χ1) is 15.4. The van der Waals surface area contributed by atoms with Crippen molar-refractivity contribution in [3.8, 4) is 5.75 Å². The second-order valence-electron chi connectivity index (χ2n) is 8.04. The third kappa shape index (κ3) is 3.70. The van der Waals surface area contributed by atoms with Gasteiger partial charge in [0.25, 0.3) is 0 Å². The van der Waals surface area contributed by atoms with Crippen LogP contribution in [0.5, 0.6) is 5.75 Å². The van der Waals surface area contributed by atoms with Gasteiger partial charge in [-0.3, -0.25) is 4.90 Å². The van der Waals surface area contributed by atoms with Crippen LogP contribution < -0.4 is 10.5 Å². The number of halogens is 3. The number of rotatable bonds is 7. The van der Waals surface area contributed by atoms with Gasteiger partial charge in [-0.25, -0.2) is 23.1 Å². The Morgan fingerprint density at radius 1 is 1.09 bits per heavy atom. The van der Waals surface area contributed by atoms with Crippen molar-refractivity contribution in [1.82, 2.24) is 24.5 Å². The van der Waals surface area contributed by atoms with Gasteiger partial charge >= 0.3 is 0 Å². The number of nitrogens with two attached hydrogens (primary N) is 1. The first-order valence-corrected chi connectivity index (χ1v) is 10.3. The van der Waals surface area contributed by atoms with Crippen LogP contribution in [-0.4, -0.2) is 38.1 Å². The van der Waals surface area contributed by atoms with E-state index in [0.29, 0.717) is 41.7 Å². The normalized spacial score (nSPS) is 14.0. The summed E-state index contributed by atoms with van der Waals surface area (Å²) in [5, 5.41) is 5.22. The van der Waals surface area contributed by atoms with Crippen LogP contribution in [0.15, 0.2) is 30.3 Å². The summed E-state index contributed by atoms with van der Waals surface area (Å²) in [5.74, 6) is -2.14. The average molecular weight is 442 g/mol. The minimum atomic E-state index is -1.46. The molecule has 0 unspecified atom stereocenters. The lowest BCUT2D eigenvalue weighted by atomic mass is 10.1. The van der Waals surface area contributed by atoms with E-state index in [2.05, 4.69) is 15.1 Å². The number of aromatic nitrogens is 4. The zero-order valence-corrected chi connectivity index (χ0v) is 17.4. The topological polar surface area (TPSA) is 81.6 Å². The van der Waals surface area contributed by atoms with Crippen molar-refractivity contribution in [2.75, 3.05) is 19.4 Å². The van der Waals surface area contributed by atoms with Gasteiger partial charge in [-0.05, 0) is 37.0 Å². The summed E-state index contributed by atoms with van der Waals surface area (Å²) in [6.07, 6.45) is 2.16. The van der Waals surface area contributed by atoms with E-state index in [-0.39, 0.29) is 18.1 Å². The van der Waals surface area contributed by atoms with Gasteiger partial charge in [0.1, 0.15) is 11.3 Å². The summed E-state index contributed by atoms with van der Waals surface area (Å²) in [7, 11) is 1.55. The quantitative estimate of drug-likeness (QED) is 0.440. The molecule has 2 heterocycles. The molecule has 32 heavy (non-hydrogen) atoms. The highest BCUT2D eigenvalue weighted by atomic mass is 19.2. The Kier molecular flexibility index (Phi) is 5.09. The fourth-order valence-electron chi connectivity index (χ4n) is 3.88. The first-order valence-electron chi connectivity index (χ1n) is 10.3. The van der Waals surface area contributed by atoms with E-state index in [1.807, 2.05) is 17.0 Å². The van der Waals surface area contributed by atoms with Gasteiger partial charge < -0.3 is 10.5 Å². The first kappa shape index (κ1) is 20.5. The van der Waals surface area contributed by atoms with Crippen molar-refractivity contribution in [2.45, 2.75) is 25.9 Å². The Morgan fingerprint density at radius 2 is 1.91 bits per heavy atom. The molecule has 0 amide bonds. The minimum absolute atomic E-state index is 0.0877. The third-order valence-corrected chi connectivity index (χ3v) is 5.64. The summed E-state index contributed by atoms with van der Waals surface area (Å²) >= 11 is 0. The standard InChI is InChI=1S/C22H21F3N6O/c1-32-16-4-2-3-14-20(16)28-22(26)31-21(14)27-17(29-31)11-30(9-12-5-6-12)10-13-7-8-15(23)19(25)18(13)24/h2-4,7-8,12H,5-6,9-11H2,1H3,(H2,26,28). The van der Waals surface area contributed by atoms with Crippen molar-refractivity contribution >= 4 is 22.5 Å². The molecule has 2 aromatic carbocycles.